The maximum Gasteiger partial charge on any atom is 0.415 e. The van der Waals surface area contributed by atoms with Gasteiger partial charge in [0, 0.05) is 37.4 Å². The first-order chi connectivity index (χ1) is 43.0. The number of aliphatic hydroxyl groups is 7. The number of rotatable bonds is 19. The molecule has 3 saturated heterocycles. The molecule has 0 radical (unpaired) electrons. The Morgan fingerprint density at radius 2 is 1.22 bits per heavy atom. The fourth-order valence-electron chi connectivity index (χ4n) is 10.8. The van der Waals surface area contributed by atoms with Gasteiger partial charge in [0.25, 0.3) is 5.91 Å². The Kier molecular flexibility index (Phi) is 23.7. The van der Waals surface area contributed by atoms with Crippen LogP contribution < -0.4 is 31.3 Å². The summed E-state index contributed by atoms with van der Waals surface area (Å²) in [7, 11) is 1.60. The van der Waals surface area contributed by atoms with E-state index in [0.29, 0.717) is 17.1 Å². The van der Waals surface area contributed by atoms with E-state index in [4.69, 9.17) is 9.47 Å². The molecule has 0 aromatic heterocycles. The lowest BCUT2D eigenvalue weighted by molar-refractivity contribution is -0.988. The zero-order valence-electron chi connectivity index (χ0n) is 51.2. The number of quaternary nitrogens is 1. The molecule has 91 heavy (non-hydrogen) atoms. The van der Waals surface area contributed by atoms with Crippen LogP contribution in [-0.4, -0.2) is 229 Å². The van der Waals surface area contributed by atoms with E-state index in [-0.39, 0.29) is 16.9 Å². The van der Waals surface area contributed by atoms with Crippen LogP contribution in [-0.2, 0) is 33.5 Å². The molecule has 4 aromatic carbocycles. The summed E-state index contributed by atoms with van der Waals surface area (Å²) in [5.41, 5.74) is 3.02. The second kappa shape index (κ2) is 30.5. The van der Waals surface area contributed by atoms with E-state index < -0.39 is 182 Å². The van der Waals surface area contributed by atoms with Gasteiger partial charge in [0.15, 0.2) is 12.8 Å². The van der Waals surface area contributed by atoms with Crippen molar-refractivity contribution in [2.45, 2.75) is 151 Å². The van der Waals surface area contributed by atoms with Crippen LogP contribution in [0.5, 0.6) is 11.5 Å². The molecule has 496 valence electrons. The number of amides is 7. The Morgan fingerprint density at radius 1 is 0.692 bits per heavy atom. The number of likely N-dealkylation sites (N-methyl/N-ethyl adjacent to an activating group) is 1. The van der Waals surface area contributed by atoms with E-state index >= 15 is 8.78 Å². The largest absolute Gasteiger partial charge is 0.508 e. The van der Waals surface area contributed by atoms with Gasteiger partial charge in [-0.2, -0.15) is 4.39 Å². The highest BCUT2D eigenvalue weighted by Gasteiger charge is 2.52. The Morgan fingerprint density at radius 3 is 1.77 bits per heavy atom. The Labute approximate surface area is 523 Å². The van der Waals surface area contributed by atoms with Crippen molar-refractivity contribution in [1.29, 1.82) is 0 Å². The average molecular weight is 1280 g/mol. The second-order valence-corrected chi connectivity index (χ2v) is 24.0. The molecule has 25 nitrogen and oxygen atoms in total. The van der Waals surface area contributed by atoms with E-state index in [1.807, 2.05) is 48.5 Å². The van der Waals surface area contributed by atoms with E-state index in [9.17, 15) is 78.8 Å². The summed E-state index contributed by atoms with van der Waals surface area (Å²) in [6.07, 6.45) is -14.9. The number of benzene rings is 4. The van der Waals surface area contributed by atoms with E-state index in [1.165, 1.54) is 19.1 Å². The van der Waals surface area contributed by atoms with Crippen LogP contribution in [0.15, 0.2) is 97.1 Å². The quantitative estimate of drug-likeness (QED) is 0.0349. The maximum atomic E-state index is 15.8. The molecule has 3 heterocycles. The number of fused-ring (bicyclic) bond motifs is 2. The summed E-state index contributed by atoms with van der Waals surface area (Å²) >= 11 is 0. The number of carbonyl (C=O) groups excluding carboxylic acids is 7. The third kappa shape index (κ3) is 17.0. The Hall–Kier alpha value is -7.80. The van der Waals surface area contributed by atoms with Gasteiger partial charge in [0.2, 0.25) is 42.2 Å². The highest BCUT2D eigenvalue weighted by molar-refractivity contribution is 6.00. The van der Waals surface area contributed by atoms with Crippen LogP contribution in [0.3, 0.4) is 0 Å². The van der Waals surface area contributed by atoms with Crippen molar-refractivity contribution in [3.63, 3.8) is 0 Å². The monoisotopic (exact) mass is 1280 g/mol. The fourth-order valence-corrected chi connectivity index (χ4v) is 10.8. The molecular formula is C63H82F3N8O17+. The molecule has 7 amide bonds. The predicted octanol–water partition coefficient (Wildman–Crippen LogP) is 0.693. The maximum absolute atomic E-state index is 15.8. The van der Waals surface area contributed by atoms with Gasteiger partial charge >= 0.3 is 6.05 Å². The van der Waals surface area contributed by atoms with Gasteiger partial charge in [0.1, 0.15) is 66.1 Å². The molecule has 13 N–H and O–H groups in total. The number of phenols is 1. The second-order valence-electron chi connectivity index (χ2n) is 24.0. The van der Waals surface area contributed by atoms with Gasteiger partial charge in [-0.25, -0.2) is 4.48 Å². The normalized spacial score (nSPS) is 26.4. The van der Waals surface area contributed by atoms with Crippen molar-refractivity contribution in [3.8, 4) is 33.8 Å². The third-order valence-electron chi connectivity index (χ3n) is 16.6. The number of phenolic OH excluding ortho intramolecular Hbond substituents is 1. The Balaban J connectivity index is 1.26. The van der Waals surface area contributed by atoms with Crippen LogP contribution >= 0.6 is 0 Å². The number of aliphatic hydroxyl groups excluding tert-OH is 7. The summed E-state index contributed by atoms with van der Waals surface area (Å²) in [5, 5.41) is 101. The standard InChI is InChI=1S/C63H81F3N8O17/c1-7-8-9-26-90-44-24-20-39(21-25-44)37-12-10-36(11-13-37)38-14-16-41(17-15-38)55(83)67-45-28-47(79)60(91-31-63(65,66)74(5,6)32-64)71-59(87)51-52(80)33(2)29-73(51)62(89)49(35(4)76)69-58(86)50(54(82)53(81)40-18-22-42(77)23-19-40)70-57(85)46-27-43(78)30-72(46)61(88)48(34(3)75)68-56(45)84/h10-25,33-35,43,45-54,60,75-76,78-82H,7-9,26-32H2,1-6H3,(H5-,67,68,69,70,71,77,83,84,85,86,87)/p+1/t33-,34+,35+,43+,45-,46-,47+,48-,49-,50-,51-,52-,53-,54-,60+/m0/s1. The molecule has 0 saturated carbocycles. The number of hydrogen-bond donors (Lipinski definition) is 13. The zero-order chi connectivity index (χ0) is 66.8. The van der Waals surface area contributed by atoms with Crippen molar-refractivity contribution in [1.82, 2.24) is 36.4 Å². The molecule has 3 fully saturated rings. The topological polar surface area (TPSA) is 366 Å². The van der Waals surface area contributed by atoms with Gasteiger partial charge in [-0.3, -0.25) is 33.6 Å². The molecule has 0 bridgehead atoms. The molecule has 4 aromatic rings. The van der Waals surface area contributed by atoms with Gasteiger partial charge in [-0.05, 0) is 84.5 Å². The number of ether oxygens (including phenoxy) is 2. The lowest BCUT2D eigenvalue weighted by Gasteiger charge is -2.36. The van der Waals surface area contributed by atoms with Gasteiger partial charge < -0.3 is 86.7 Å². The minimum absolute atomic E-state index is 0.0892. The Bertz CT molecular complexity index is 3170. The average Bonchev–Trinajstić information content (AvgIpc) is 2.07. The highest BCUT2D eigenvalue weighted by atomic mass is 19.3. The molecular weight excluding hydrogens is 1200 g/mol. The van der Waals surface area contributed by atoms with Gasteiger partial charge in [-0.15, -0.1) is 8.78 Å². The van der Waals surface area contributed by atoms with Crippen LogP contribution in [0.25, 0.3) is 22.3 Å². The predicted molar refractivity (Wildman–Crippen MR) is 320 cm³/mol. The highest BCUT2D eigenvalue weighted by Crippen LogP contribution is 2.31. The summed E-state index contributed by atoms with van der Waals surface area (Å²) in [6.45, 7) is 1.62. The first-order valence-electron chi connectivity index (χ1n) is 30.0. The summed E-state index contributed by atoms with van der Waals surface area (Å²) in [6, 6.07) is 9.16. The number of aromatic hydroxyl groups is 1. The van der Waals surface area contributed by atoms with E-state index in [1.54, 1.807) is 12.1 Å². The molecule has 7 rings (SSSR count). The summed E-state index contributed by atoms with van der Waals surface area (Å²) < 4.78 is 55.4. The first kappa shape index (κ1) is 70.7. The molecule has 28 heteroatoms. The summed E-state index contributed by atoms with van der Waals surface area (Å²) in [4.78, 5) is 104. The van der Waals surface area contributed by atoms with Crippen LogP contribution in [0, 0.1) is 5.92 Å². The van der Waals surface area contributed by atoms with Crippen LogP contribution in [0.4, 0.5) is 13.2 Å². The van der Waals surface area contributed by atoms with E-state index in [2.05, 4.69) is 33.5 Å². The number of nitrogens with zero attached hydrogens (tertiary/aromatic N) is 3. The minimum atomic E-state index is -4.13. The molecule has 0 unspecified atom stereocenters. The minimum Gasteiger partial charge on any atom is -0.508 e. The van der Waals surface area contributed by atoms with Crippen molar-refractivity contribution >= 4 is 41.4 Å². The SMILES string of the molecule is CCCCCOc1ccc(-c2ccc(-c3ccc(C(=O)N[C@H]4C[C@@H](O)[C@@H](OCC(F)(F)[N+](C)(C)CF)NC(=O)[C@@H]5[C@@H](O)[C@@H](C)CN5C(=O)[C@H]([C@@H](C)O)NC(=O)[C@H]([C@H](O)[C@@H](O)c5ccc(O)cc5)NC(=O)[C@@H]5C[C@@H](O)CN5C(=O)[C@H]([C@@H](C)O)NC4=O)cc3)cc2)cc1. The first-order valence-corrected chi connectivity index (χ1v) is 30.0. The molecule has 3 aliphatic rings. The fraction of sp³-hybridized carbons (Fsp3) is 0.508. The molecule has 3 aliphatic heterocycles. The smallest absolute Gasteiger partial charge is 0.415 e. The zero-order valence-corrected chi connectivity index (χ0v) is 51.2. The molecule has 0 aliphatic carbocycles. The lowest BCUT2D eigenvalue weighted by Crippen LogP contribution is -2.64. The number of unbranched alkanes of at least 4 members (excludes halogenated alkanes) is 2. The van der Waals surface area contributed by atoms with Gasteiger partial charge in [-0.1, -0.05) is 87.4 Å². The van der Waals surface area contributed by atoms with Crippen molar-refractivity contribution in [2.24, 2.45) is 5.92 Å². The van der Waals surface area contributed by atoms with Crippen LogP contribution in [0.2, 0.25) is 0 Å². The van der Waals surface area contributed by atoms with Crippen molar-refractivity contribution in [2.75, 3.05) is 47.2 Å². The number of alkyl halides is 3. The van der Waals surface area contributed by atoms with Gasteiger partial charge in [0.05, 0.1) is 45.1 Å². The molecule has 0 spiro atoms. The van der Waals surface area contributed by atoms with Crippen LogP contribution in [0.1, 0.15) is 81.8 Å². The third-order valence-corrected chi connectivity index (χ3v) is 16.6. The van der Waals surface area contributed by atoms with Crippen molar-refractivity contribution < 1.29 is 102 Å². The number of halogens is 3. The lowest BCUT2D eigenvalue weighted by atomic mass is 9.96. The number of carbonyl (C=O) groups is 7. The van der Waals surface area contributed by atoms with E-state index in [0.717, 1.165) is 98.8 Å². The molecule has 15 atom stereocenters. The number of hydrogen-bond acceptors (Lipinski definition) is 17. The number of nitrogens with one attached hydrogen (secondary N) is 5. The summed E-state index contributed by atoms with van der Waals surface area (Å²) in [5.74, 6) is -9.63. The van der Waals surface area contributed by atoms with Crippen molar-refractivity contribution in [3.05, 3.63) is 108 Å².